The van der Waals surface area contributed by atoms with Gasteiger partial charge in [-0.15, -0.1) is 10.2 Å². The number of aromatic hydroxyl groups is 2. The minimum Gasteiger partial charge on any atom is -0.744 e. The van der Waals surface area contributed by atoms with Crippen molar-refractivity contribution in [2.45, 2.75) is 9.79 Å². The fourth-order valence-electron chi connectivity index (χ4n) is 5.13. The van der Waals surface area contributed by atoms with Crippen molar-refractivity contribution in [3.05, 3.63) is 109 Å². The number of phenolic OH excluding ortho intramolecular Hbond substituents is 2. The van der Waals surface area contributed by atoms with E-state index in [-0.39, 0.29) is 222 Å². The summed E-state index contributed by atoms with van der Waals surface area (Å²) in [4.78, 5) is 22.3. The quantitative estimate of drug-likeness (QED) is 0.0601. The number of fused-ring (bicyclic) bond motifs is 2. The molecule has 268 valence electrons. The molecule has 2 amide bonds. The number of amides is 2. The smallest absolute Gasteiger partial charge is 0.744 e. The zero-order valence-corrected chi connectivity index (χ0v) is 46.1. The first kappa shape index (κ1) is 58.2. The topological polar surface area (TPSA) is 286 Å². The summed E-state index contributed by atoms with van der Waals surface area (Å²) in [5.41, 5.74) is -1.05. The molecule has 0 spiro atoms. The van der Waals surface area contributed by atoms with Crippen molar-refractivity contribution < 1.29 is 228 Å². The molecule has 0 fully saturated rings. The van der Waals surface area contributed by atoms with Gasteiger partial charge in [0.25, 0.3) is 0 Å². The van der Waals surface area contributed by atoms with Gasteiger partial charge in [-0.05, 0) is 89.1 Å². The van der Waals surface area contributed by atoms with Crippen LogP contribution in [0.15, 0.2) is 133 Å². The summed E-state index contributed by atoms with van der Waals surface area (Å²) < 4.78 is 72.8. The number of carbonyl (C=O) groups excluding carboxylic acids is 2. The molecular formula is C34H21N6Na6O11S2+3. The molecule has 59 heavy (non-hydrogen) atoms. The van der Waals surface area contributed by atoms with Crippen molar-refractivity contribution in [3.8, 4) is 11.5 Å². The van der Waals surface area contributed by atoms with E-state index >= 15 is 0 Å². The van der Waals surface area contributed by atoms with Crippen LogP contribution in [0.4, 0.5) is 38.9 Å². The van der Waals surface area contributed by atoms with Crippen molar-refractivity contribution in [2.75, 3.05) is 10.6 Å². The van der Waals surface area contributed by atoms with Gasteiger partial charge in [-0.1, -0.05) is 30.3 Å². The number of rotatable bonds is 9. The van der Waals surface area contributed by atoms with Crippen molar-refractivity contribution >= 4 is 87.9 Å². The van der Waals surface area contributed by atoms with Gasteiger partial charge in [-0.3, -0.25) is 0 Å². The normalized spacial score (nSPS) is 10.9. The van der Waals surface area contributed by atoms with E-state index in [1.54, 1.807) is 30.3 Å². The van der Waals surface area contributed by atoms with E-state index in [0.29, 0.717) is 5.69 Å². The Kier molecular flexibility index (Phi) is 24.6. The molecule has 25 heteroatoms. The number of aromatic carboxylic acids is 1. The molecule has 0 unspecified atom stereocenters. The Labute approximate surface area is 469 Å². The first-order valence-corrected chi connectivity index (χ1v) is 17.7. The predicted molar refractivity (Wildman–Crippen MR) is 185 cm³/mol. The van der Waals surface area contributed by atoms with Gasteiger partial charge in [0.2, 0.25) is 0 Å². The predicted octanol–water partition coefficient (Wildman–Crippen LogP) is -11.9. The van der Waals surface area contributed by atoms with Crippen LogP contribution in [0.25, 0.3) is 21.5 Å². The Morgan fingerprint density at radius 3 is 1.37 bits per heavy atom. The molecule has 0 aliphatic rings. The maximum atomic E-state index is 12.9. The summed E-state index contributed by atoms with van der Waals surface area (Å²) in [6, 6.07) is 22.1. The molecule has 0 saturated heterocycles. The fraction of sp³-hybridized carbons (Fsp3) is 0. The molecule has 0 aliphatic heterocycles. The van der Waals surface area contributed by atoms with E-state index in [9.17, 15) is 50.8 Å². The molecule has 6 aromatic carbocycles. The number of hydrogen-bond donors (Lipinski definition) is 4. The van der Waals surface area contributed by atoms with Crippen LogP contribution in [0, 0.1) is 0 Å². The van der Waals surface area contributed by atoms with Gasteiger partial charge in [0.15, 0.2) is 11.5 Å². The first-order chi connectivity index (χ1) is 25.1. The zero-order valence-electron chi connectivity index (χ0n) is 32.5. The van der Waals surface area contributed by atoms with Crippen molar-refractivity contribution in [3.63, 3.8) is 0 Å². The molecule has 0 radical (unpaired) electrons. The molecule has 0 atom stereocenters. The van der Waals surface area contributed by atoms with Gasteiger partial charge in [0.1, 0.15) is 31.6 Å². The van der Waals surface area contributed by atoms with E-state index < -0.39 is 64.9 Å². The molecular weight excluding hydrogens is 870 g/mol. The van der Waals surface area contributed by atoms with E-state index in [1.165, 1.54) is 54.6 Å². The molecule has 0 bridgehead atoms. The molecule has 4 N–H and O–H groups in total. The second-order valence-electron chi connectivity index (χ2n) is 11.1. The van der Waals surface area contributed by atoms with Crippen LogP contribution >= 0.6 is 0 Å². The van der Waals surface area contributed by atoms with Crippen LogP contribution in [0.2, 0.25) is 0 Å². The average Bonchev–Trinajstić information content (AvgIpc) is 3.10. The summed E-state index contributed by atoms with van der Waals surface area (Å²) in [5, 5.41) is 53.3. The number of carbonyl (C=O) groups is 2. The third-order valence-corrected chi connectivity index (χ3v) is 9.23. The van der Waals surface area contributed by atoms with Gasteiger partial charge >= 0.3 is 183 Å². The van der Waals surface area contributed by atoms with Crippen molar-refractivity contribution in [2.24, 2.45) is 20.5 Å². The van der Waals surface area contributed by atoms with Gasteiger partial charge in [0.05, 0.1) is 27.1 Å². The van der Waals surface area contributed by atoms with Crippen molar-refractivity contribution in [1.29, 1.82) is 0 Å². The molecule has 6 rings (SSSR count). The number of carboxylic acids is 1. The minimum atomic E-state index is -5.26. The van der Waals surface area contributed by atoms with E-state index in [0.717, 1.165) is 18.2 Å². The van der Waals surface area contributed by atoms with Gasteiger partial charge in [-0.25, -0.2) is 21.6 Å². The number of nitrogens with zero attached hydrogens (tertiary/aromatic N) is 4. The second kappa shape index (κ2) is 24.9. The molecule has 0 heterocycles. The number of hydrogen-bond acceptors (Lipinski definition) is 15. The molecule has 0 aromatic heterocycles. The molecule has 0 aliphatic carbocycles. The monoisotopic (exact) mass is 891 g/mol. The molecule has 0 saturated carbocycles. The Bertz CT molecular complexity index is 2790. The van der Waals surface area contributed by atoms with Gasteiger partial charge in [-0.2, -0.15) is 10.2 Å². The van der Waals surface area contributed by atoms with E-state index in [4.69, 9.17) is 0 Å². The number of urea groups is 1. The standard InChI is InChI=1S/C34H24N6O11S2.6Na/c41-31-25-11-9-22(14-19(25)16-27(52(46,47)48)29(31)39-37-21-6-2-1-3-7-21)35-34(45)36-23-10-12-26-20(15-23)17-28(53(49,50)51)30(32(26)42)40-38-24-8-4-5-18(13-24)33(43)44;;;;;;/h1-17,41-42H,(H,43,44)(H2,35,36,45)(H,46,47,48)(H,49,50,51);;;;;;/q;6*+1/p-3. The van der Waals surface area contributed by atoms with Crippen LogP contribution < -0.4 is 193 Å². The second-order valence-corrected chi connectivity index (χ2v) is 13.8. The molecule has 6 aromatic rings. The zero-order chi connectivity index (χ0) is 38.1. The van der Waals surface area contributed by atoms with Crippen LogP contribution in [0.1, 0.15) is 10.4 Å². The Balaban J connectivity index is 0.00000561. The first-order valence-electron chi connectivity index (χ1n) is 14.9. The number of anilines is 2. The number of nitrogens with one attached hydrogen (secondary N) is 2. The number of benzene rings is 6. The number of azo groups is 2. The van der Waals surface area contributed by atoms with Crippen LogP contribution in [0.3, 0.4) is 0 Å². The Hall–Kier alpha value is -0.800. The maximum absolute atomic E-state index is 12.9. The Morgan fingerprint density at radius 1 is 0.525 bits per heavy atom. The summed E-state index contributed by atoms with van der Waals surface area (Å²) in [5.74, 6) is -2.88. The van der Waals surface area contributed by atoms with Gasteiger partial charge < -0.3 is 39.9 Å². The third kappa shape index (κ3) is 14.6. The summed E-state index contributed by atoms with van der Waals surface area (Å²) in [6.45, 7) is 0. The third-order valence-electron chi connectivity index (χ3n) is 7.53. The van der Waals surface area contributed by atoms with Crippen LogP contribution in [-0.2, 0) is 20.2 Å². The Morgan fingerprint density at radius 2 is 0.949 bits per heavy atom. The average molecular weight is 892 g/mol. The summed E-state index contributed by atoms with van der Waals surface area (Å²) in [7, 11) is -10.4. The fourth-order valence-corrected chi connectivity index (χ4v) is 6.42. The van der Waals surface area contributed by atoms with Crippen LogP contribution in [-0.4, -0.2) is 48.2 Å². The molecule has 17 nitrogen and oxygen atoms in total. The maximum Gasteiger partial charge on any atom is 1.00 e. The minimum absolute atomic E-state index is 0. The largest absolute Gasteiger partial charge is 1.00 e. The summed E-state index contributed by atoms with van der Waals surface area (Å²) >= 11 is 0. The van der Waals surface area contributed by atoms with Crippen LogP contribution in [0.5, 0.6) is 11.5 Å². The summed E-state index contributed by atoms with van der Waals surface area (Å²) in [6.07, 6.45) is 0. The van der Waals surface area contributed by atoms with Gasteiger partial charge in [0, 0.05) is 22.1 Å². The van der Waals surface area contributed by atoms with E-state index in [2.05, 4.69) is 31.1 Å². The SMILES string of the molecule is O=C(Nc1ccc2c(O)c(N=Nc3ccccc3)c(S(=O)(=O)[O-])cc2c1)Nc1ccc2c(O)c(N=Nc3cccc(C(=O)[O-])c3)c(S(=O)(=O)[O-])cc2c1.[Na+].[Na+].[Na+].[Na+].[Na+].[Na+]. The van der Waals surface area contributed by atoms with E-state index in [1.807, 2.05) is 0 Å². The number of carboxylic acid groups (broad SMARTS) is 1. The number of phenols is 2. The van der Waals surface area contributed by atoms with Crippen molar-refractivity contribution in [1.82, 2.24) is 0 Å².